The summed E-state index contributed by atoms with van der Waals surface area (Å²) in [4.78, 5) is 0. The van der Waals surface area contributed by atoms with Crippen molar-refractivity contribution in [2.45, 2.75) is 25.2 Å². The molecule has 0 amide bonds. The summed E-state index contributed by atoms with van der Waals surface area (Å²) in [6.07, 6.45) is 8.09. The summed E-state index contributed by atoms with van der Waals surface area (Å²) in [5.74, 6) is 0.492. The van der Waals surface area contributed by atoms with Gasteiger partial charge in [0.2, 0.25) is 0 Å². The van der Waals surface area contributed by atoms with E-state index in [0.29, 0.717) is 5.92 Å². The summed E-state index contributed by atoms with van der Waals surface area (Å²) >= 11 is 0. The van der Waals surface area contributed by atoms with Crippen LogP contribution in [-0.4, -0.2) is 4.57 Å². The SMILES string of the molecule is C1=C\c2c(c3c(c4ccccc24)c2ccccc2n3-c2ccccc2)CC(c2ccccc2)CC/1. The predicted octanol–water partition coefficient (Wildman–Crippen LogP) is 9.07. The predicted molar refractivity (Wildman–Crippen MR) is 149 cm³/mol. The summed E-state index contributed by atoms with van der Waals surface area (Å²) in [6.45, 7) is 0. The van der Waals surface area contributed by atoms with E-state index in [2.05, 4.69) is 126 Å². The fourth-order valence-corrected chi connectivity index (χ4v) is 6.12. The van der Waals surface area contributed by atoms with Gasteiger partial charge in [0.1, 0.15) is 0 Å². The number of hydrogen-bond acceptors (Lipinski definition) is 0. The Morgan fingerprint density at radius 2 is 1.29 bits per heavy atom. The molecule has 5 aromatic carbocycles. The molecule has 0 radical (unpaired) electrons. The summed E-state index contributed by atoms with van der Waals surface area (Å²) in [7, 11) is 0. The van der Waals surface area contributed by atoms with E-state index in [1.54, 1.807) is 0 Å². The first-order valence-corrected chi connectivity index (χ1v) is 12.6. The van der Waals surface area contributed by atoms with Crippen LogP contribution in [0.2, 0.25) is 0 Å². The Hall–Kier alpha value is -4.10. The van der Waals surface area contributed by atoms with Gasteiger partial charge in [0.25, 0.3) is 0 Å². The number of allylic oxidation sites excluding steroid dienone is 1. The van der Waals surface area contributed by atoms with Gasteiger partial charge in [-0.1, -0.05) is 103 Å². The second kappa shape index (κ2) is 8.29. The number of fused-ring (bicyclic) bond motifs is 8. The molecule has 1 aliphatic carbocycles. The number of nitrogens with zero attached hydrogens (tertiary/aromatic N) is 1. The van der Waals surface area contributed by atoms with Crippen molar-refractivity contribution in [3.8, 4) is 5.69 Å². The van der Waals surface area contributed by atoms with E-state index in [-0.39, 0.29) is 0 Å². The third-order valence-electron chi connectivity index (χ3n) is 7.67. The molecule has 0 saturated heterocycles. The number of hydrogen-bond donors (Lipinski definition) is 0. The van der Waals surface area contributed by atoms with Gasteiger partial charge >= 0.3 is 0 Å². The minimum atomic E-state index is 0.492. The van der Waals surface area contributed by atoms with Crippen LogP contribution in [0.1, 0.15) is 35.4 Å². The zero-order valence-corrected chi connectivity index (χ0v) is 19.7. The first kappa shape index (κ1) is 20.3. The van der Waals surface area contributed by atoms with Crippen LogP contribution in [0.15, 0.2) is 115 Å². The van der Waals surface area contributed by atoms with E-state index < -0.39 is 0 Å². The van der Waals surface area contributed by atoms with Crippen molar-refractivity contribution >= 4 is 38.7 Å². The molecule has 168 valence electrons. The molecule has 0 N–H and O–H groups in total. The van der Waals surface area contributed by atoms with Gasteiger partial charge in [-0.25, -0.2) is 0 Å². The van der Waals surface area contributed by atoms with Gasteiger partial charge in [-0.05, 0) is 70.8 Å². The Morgan fingerprint density at radius 1 is 0.629 bits per heavy atom. The highest BCUT2D eigenvalue weighted by atomic mass is 15.0. The molecule has 1 nitrogen and oxygen atoms in total. The van der Waals surface area contributed by atoms with Gasteiger partial charge in [0, 0.05) is 16.5 Å². The second-order valence-corrected chi connectivity index (χ2v) is 9.64. The molecule has 0 fully saturated rings. The largest absolute Gasteiger partial charge is 0.309 e. The van der Waals surface area contributed by atoms with Gasteiger partial charge in [-0.15, -0.1) is 0 Å². The average Bonchev–Trinajstić information content (AvgIpc) is 3.25. The van der Waals surface area contributed by atoms with Gasteiger partial charge in [0.05, 0.1) is 11.0 Å². The molecule has 0 spiro atoms. The van der Waals surface area contributed by atoms with E-state index in [1.165, 1.54) is 61.4 Å². The number of rotatable bonds is 2. The third-order valence-corrected chi connectivity index (χ3v) is 7.67. The van der Waals surface area contributed by atoms with Crippen LogP contribution >= 0.6 is 0 Å². The van der Waals surface area contributed by atoms with Crippen LogP contribution in [0.25, 0.3) is 44.3 Å². The van der Waals surface area contributed by atoms with E-state index in [9.17, 15) is 0 Å². The van der Waals surface area contributed by atoms with Crippen LogP contribution < -0.4 is 0 Å². The molecule has 0 aliphatic heterocycles. The lowest BCUT2D eigenvalue weighted by Gasteiger charge is -2.23. The summed E-state index contributed by atoms with van der Waals surface area (Å²) in [5, 5.41) is 5.40. The van der Waals surface area contributed by atoms with E-state index in [0.717, 1.165) is 12.8 Å². The van der Waals surface area contributed by atoms with Gasteiger partial charge in [-0.2, -0.15) is 0 Å². The fraction of sp³-hybridized carbons (Fsp3) is 0.118. The van der Waals surface area contributed by atoms with Crippen LogP contribution in [0, 0.1) is 0 Å². The topological polar surface area (TPSA) is 4.93 Å². The highest BCUT2D eigenvalue weighted by Gasteiger charge is 2.24. The molecule has 1 atom stereocenters. The maximum Gasteiger partial charge on any atom is 0.0585 e. The normalized spacial score (nSPS) is 16.7. The lowest BCUT2D eigenvalue weighted by Crippen LogP contribution is -2.08. The molecule has 1 heteroatoms. The van der Waals surface area contributed by atoms with Gasteiger partial charge in [-0.3, -0.25) is 0 Å². The van der Waals surface area contributed by atoms with E-state index in [4.69, 9.17) is 0 Å². The maximum atomic E-state index is 2.51. The minimum absolute atomic E-state index is 0.492. The van der Waals surface area contributed by atoms with E-state index >= 15 is 0 Å². The number of benzene rings is 5. The van der Waals surface area contributed by atoms with Crippen molar-refractivity contribution in [1.82, 2.24) is 4.57 Å². The second-order valence-electron chi connectivity index (χ2n) is 9.64. The highest BCUT2D eigenvalue weighted by Crippen LogP contribution is 2.44. The Balaban J connectivity index is 1.66. The van der Waals surface area contributed by atoms with Gasteiger partial charge in [0.15, 0.2) is 0 Å². The van der Waals surface area contributed by atoms with Crippen LogP contribution in [0.4, 0.5) is 0 Å². The van der Waals surface area contributed by atoms with Crippen molar-refractivity contribution in [1.29, 1.82) is 0 Å². The van der Waals surface area contributed by atoms with Gasteiger partial charge < -0.3 is 4.57 Å². The lowest BCUT2D eigenvalue weighted by molar-refractivity contribution is 0.628. The molecular weight excluding hydrogens is 422 g/mol. The van der Waals surface area contributed by atoms with Crippen LogP contribution in [0.3, 0.4) is 0 Å². The zero-order valence-electron chi connectivity index (χ0n) is 19.7. The zero-order chi connectivity index (χ0) is 23.2. The van der Waals surface area contributed by atoms with Crippen molar-refractivity contribution in [2.75, 3.05) is 0 Å². The quantitative estimate of drug-likeness (QED) is 0.248. The van der Waals surface area contributed by atoms with Crippen molar-refractivity contribution in [3.63, 3.8) is 0 Å². The van der Waals surface area contributed by atoms with Crippen molar-refractivity contribution in [2.24, 2.45) is 0 Å². The molecule has 6 aromatic rings. The highest BCUT2D eigenvalue weighted by molar-refractivity contribution is 6.24. The first-order valence-electron chi connectivity index (χ1n) is 12.6. The number of para-hydroxylation sites is 2. The summed E-state index contributed by atoms with van der Waals surface area (Å²) in [5.41, 5.74) is 8.14. The molecule has 1 heterocycles. The third kappa shape index (κ3) is 3.23. The molecule has 7 rings (SSSR count). The smallest absolute Gasteiger partial charge is 0.0585 e. The Morgan fingerprint density at radius 3 is 2.09 bits per heavy atom. The number of aromatic nitrogens is 1. The monoisotopic (exact) mass is 449 g/mol. The van der Waals surface area contributed by atoms with Crippen LogP contribution in [0.5, 0.6) is 0 Å². The Kier molecular flexibility index (Phi) is 4.80. The fourth-order valence-electron chi connectivity index (χ4n) is 6.12. The minimum Gasteiger partial charge on any atom is -0.309 e. The molecular formula is C34H27N. The molecule has 0 saturated carbocycles. The lowest BCUT2D eigenvalue weighted by atomic mass is 9.82. The Labute approximate surface area is 206 Å². The standard InChI is InChI=1S/C34H27N/c1-3-13-24(14-4-1)25-15-7-8-19-28-27-18-9-10-20-29(27)33-30-21-11-12-22-32(30)35(34(33)31(28)23-25)26-16-5-2-6-17-26/h1-6,8-14,16-22,25H,7,15,23H2/b19-8-. The molecule has 1 aliphatic rings. The maximum absolute atomic E-state index is 2.51. The van der Waals surface area contributed by atoms with Crippen molar-refractivity contribution in [3.05, 3.63) is 132 Å². The van der Waals surface area contributed by atoms with E-state index in [1.807, 2.05) is 0 Å². The molecule has 35 heavy (non-hydrogen) atoms. The molecule has 1 unspecified atom stereocenters. The molecule has 1 aromatic heterocycles. The summed E-state index contributed by atoms with van der Waals surface area (Å²) in [6, 6.07) is 39.9. The molecule has 0 bridgehead atoms. The van der Waals surface area contributed by atoms with Crippen molar-refractivity contribution < 1.29 is 0 Å². The summed E-state index contributed by atoms with van der Waals surface area (Å²) < 4.78 is 2.51. The first-order chi connectivity index (χ1) is 17.4. The van der Waals surface area contributed by atoms with Crippen LogP contribution in [-0.2, 0) is 6.42 Å². The average molecular weight is 450 g/mol. The Bertz CT molecular complexity index is 1700.